The second-order valence-electron chi connectivity index (χ2n) is 2.72. The van der Waals surface area contributed by atoms with E-state index in [2.05, 4.69) is 0 Å². The van der Waals surface area contributed by atoms with Gasteiger partial charge in [-0.25, -0.2) is 0 Å². The van der Waals surface area contributed by atoms with Crippen molar-refractivity contribution in [1.82, 2.24) is 0 Å². The number of hydrogen-bond acceptors (Lipinski definition) is 5. The van der Waals surface area contributed by atoms with Crippen LogP contribution in [0.5, 0.6) is 0 Å². The molecule has 5 atom stereocenters. The van der Waals surface area contributed by atoms with E-state index in [0.717, 1.165) is 0 Å². The third-order valence-corrected chi connectivity index (χ3v) is 3.24. The molecule has 2 bridgehead atoms. The molecule has 3 heterocycles. The van der Waals surface area contributed by atoms with E-state index in [1.807, 2.05) is 0 Å². The largest absolute Gasteiger partial charge is 0.366 e. The summed E-state index contributed by atoms with van der Waals surface area (Å²) in [6, 6.07) is 0. The first-order valence-corrected chi connectivity index (χ1v) is 4.54. The monoisotopic (exact) mass is 178 g/mol. The van der Waals surface area contributed by atoms with Gasteiger partial charge in [-0.1, -0.05) is 0 Å². The van der Waals surface area contributed by atoms with Crippen LogP contribution >= 0.6 is 8.60 Å². The van der Waals surface area contributed by atoms with Crippen LogP contribution in [0.1, 0.15) is 0 Å². The normalized spacial score (nSPS) is 60.3. The van der Waals surface area contributed by atoms with Gasteiger partial charge in [0.05, 0.1) is 6.61 Å². The van der Waals surface area contributed by atoms with E-state index in [-0.39, 0.29) is 18.3 Å². The number of rotatable bonds is 0. The Kier molecular flexibility index (Phi) is 1.30. The molecular formula is C5H7O5P. The van der Waals surface area contributed by atoms with E-state index in [0.29, 0.717) is 6.61 Å². The summed E-state index contributed by atoms with van der Waals surface area (Å²) in [6.07, 6.45) is -1.41. The minimum Gasteiger partial charge on any atom is -0.366 e. The Hall–Kier alpha value is 0.230. The maximum Gasteiger partial charge on any atom is 0.333 e. The molecule has 0 radical (unpaired) electrons. The maximum absolute atomic E-state index is 9.25. The fraction of sp³-hybridized carbons (Fsp3) is 1.00. The molecule has 11 heavy (non-hydrogen) atoms. The first-order valence-electron chi connectivity index (χ1n) is 3.45. The van der Waals surface area contributed by atoms with Crippen LogP contribution in [-0.4, -0.2) is 36.3 Å². The summed E-state index contributed by atoms with van der Waals surface area (Å²) in [5.74, 6) is 0. The van der Waals surface area contributed by atoms with Gasteiger partial charge in [0.1, 0.15) is 18.3 Å². The molecule has 0 aromatic heterocycles. The lowest BCUT2D eigenvalue weighted by Gasteiger charge is -2.22. The molecule has 62 valence electrons. The molecule has 6 heteroatoms. The van der Waals surface area contributed by atoms with E-state index in [1.165, 1.54) is 0 Å². The molecule has 0 saturated carbocycles. The maximum atomic E-state index is 9.25. The van der Waals surface area contributed by atoms with Gasteiger partial charge < -0.3 is 23.4 Å². The lowest BCUT2D eigenvalue weighted by Crippen LogP contribution is -2.32. The molecule has 3 fully saturated rings. The van der Waals surface area contributed by atoms with Crippen molar-refractivity contribution in [3.05, 3.63) is 0 Å². The zero-order valence-corrected chi connectivity index (χ0v) is 6.44. The van der Waals surface area contributed by atoms with Crippen LogP contribution in [0.25, 0.3) is 0 Å². The molecule has 3 rings (SSSR count). The topological polar surface area (TPSA) is 57.2 Å². The molecule has 3 aliphatic heterocycles. The third-order valence-electron chi connectivity index (χ3n) is 2.05. The summed E-state index contributed by atoms with van der Waals surface area (Å²) >= 11 is 0. The van der Waals surface area contributed by atoms with Crippen molar-refractivity contribution in [2.45, 2.75) is 24.6 Å². The predicted molar refractivity (Wildman–Crippen MR) is 33.5 cm³/mol. The molecule has 0 aromatic carbocycles. The first-order chi connectivity index (χ1) is 5.34. The number of aliphatic hydroxyl groups excluding tert-OH is 1. The fourth-order valence-corrected chi connectivity index (χ4v) is 2.82. The summed E-state index contributed by atoms with van der Waals surface area (Å²) in [4.78, 5) is 0. The van der Waals surface area contributed by atoms with Crippen molar-refractivity contribution in [1.29, 1.82) is 0 Å². The highest BCUT2D eigenvalue weighted by molar-refractivity contribution is 7.42. The van der Waals surface area contributed by atoms with Gasteiger partial charge in [-0.3, -0.25) is 0 Å². The van der Waals surface area contributed by atoms with E-state index < -0.39 is 14.9 Å². The first kappa shape index (κ1) is 6.71. The Labute approximate surface area is 64.2 Å². The van der Waals surface area contributed by atoms with Crippen molar-refractivity contribution in [3.8, 4) is 0 Å². The third kappa shape index (κ3) is 0.811. The summed E-state index contributed by atoms with van der Waals surface area (Å²) in [5, 5.41) is 9.25. The van der Waals surface area contributed by atoms with Gasteiger partial charge in [0, 0.05) is 0 Å². The number of fused-ring (bicyclic) bond motifs is 1. The van der Waals surface area contributed by atoms with Gasteiger partial charge >= 0.3 is 8.60 Å². The van der Waals surface area contributed by atoms with Crippen LogP contribution in [0.2, 0.25) is 0 Å². The van der Waals surface area contributed by atoms with Crippen LogP contribution in [0.3, 0.4) is 0 Å². The molecule has 3 aliphatic rings. The second kappa shape index (κ2) is 2.13. The van der Waals surface area contributed by atoms with E-state index >= 15 is 0 Å². The molecule has 5 unspecified atom stereocenters. The smallest absolute Gasteiger partial charge is 0.333 e. The van der Waals surface area contributed by atoms with Gasteiger partial charge in [0.2, 0.25) is 0 Å². The number of hydrogen-bond donors (Lipinski definition) is 1. The SMILES string of the molecule is OC1OC2COP3OC1C2O3. The summed E-state index contributed by atoms with van der Waals surface area (Å²) in [6.45, 7) is 0.476. The molecular weight excluding hydrogens is 171 g/mol. The molecule has 0 amide bonds. The Morgan fingerprint density at radius 1 is 1.27 bits per heavy atom. The van der Waals surface area contributed by atoms with Gasteiger partial charge in [0.15, 0.2) is 6.29 Å². The molecule has 1 N–H and O–H groups in total. The highest BCUT2D eigenvalue weighted by Crippen LogP contribution is 2.57. The average molecular weight is 178 g/mol. The van der Waals surface area contributed by atoms with Gasteiger partial charge in [-0.05, 0) is 0 Å². The van der Waals surface area contributed by atoms with Crippen molar-refractivity contribution in [2.24, 2.45) is 0 Å². The van der Waals surface area contributed by atoms with Crippen molar-refractivity contribution in [3.63, 3.8) is 0 Å². The van der Waals surface area contributed by atoms with Crippen molar-refractivity contribution < 1.29 is 23.4 Å². The molecule has 0 aliphatic carbocycles. The Morgan fingerprint density at radius 2 is 2.09 bits per heavy atom. The minimum atomic E-state index is -1.18. The van der Waals surface area contributed by atoms with Gasteiger partial charge in [-0.15, -0.1) is 0 Å². The molecule has 0 aromatic rings. The fourth-order valence-electron chi connectivity index (χ4n) is 1.50. The standard InChI is InChI=1S/C5H7O5P/c6-5-4-3-2(8-5)1-7-11(9-3)10-4/h2-6H,1H2. The lowest BCUT2D eigenvalue weighted by atomic mass is 10.1. The van der Waals surface area contributed by atoms with Crippen LogP contribution in [0, 0.1) is 0 Å². The lowest BCUT2D eigenvalue weighted by molar-refractivity contribution is -0.141. The Bertz CT molecular complexity index is 188. The van der Waals surface area contributed by atoms with E-state index in [9.17, 15) is 5.11 Å². The predicted octanol–water partition coefficient (Wildman–Crippen LogP) is -0.255. The van der Waals surface area contributed by atoms with Crippen LogP contribution in [-0.2, 0) is 18.3 Å². The summed E-state index contributed by atoms with van der Waals surface area (Å²) < 4.78 is 20.8. The molecule has 0 spiro atoms. The van der Waals surface area contributed by atoms with E-state index in [4.69, 9.17) is 18.3 Å². The minimum absolute atomic E-state index is 0.107. The number of ether oxygens (including phenoxy) is 1. The van der Waals surface area contributed by atoms with Crippen LogP contribution in [0.15, 0.2) is 0 Å². The second-order valence-corrected chi connectivity index (χ2v) is 3.85. The van der Waals surface area contributed by atoms with Crippen LogP contribution < -0.4 is 0 Å². The Morgan fingerprint density at radius 3 is 3.00 bits per heavy atom. The summed E-state index contributed by atoms with van der Waals surface area (Å²) in [5.41, 5.74) is 0. The Balaban J connectivity index is 1.93. The molecule has 3 saturated heterocycles. The van der Waals surface area contributed by atoms with Crippen LogP contribution in [0.4, 0.5) is 0 Å². The quantitative estimate of drug-likeness (QED) is 0.518. The average Bonchev–Trinajstić information content (AvgIpc) is 2.45. The van der Waals surface area contributed by atoms with Crippen molar-refractivity contribution in [2.75, 3.05) is 6.61 Å². The van der Waals surface area contributed by atoms with Crippen molar-refractivity contribution >= 4 is 8.60 Å². The zero-order valence-electron chi connectivity index (χ0n) is 5.54. The zero-order chi connectivity index (χ0) is 7.42. The molecule has 5 nitrogen and oxygen atoms in total. The van der Waals surface area contributed by atoms with Gasteiger partial charge in [0.25, 0.3) is 0 Å². The highest BCUT2D eigenvalue weighted by atomic mass is 31.2. The summed E-state index contributed by atoms with van der Waals surface area (Å²) in [7, 11) is -1.18. The van der Waals surface area contributed by atoms with E-state index in [1.54, 1.807) is 0 Å². The number of aliphatic hydroxyl groups is 1. The highest BCUT2D eigenvalue weighted by Gasteiger charge is 2.56. The van der Waals surface area contributed by atoms with Gasteiger partial charge in [-0.2, -0.15) is 0 Å².